The van der Waals surface area contributed by atoms with E-state index in [4.69, 9.17) is 10.8 Å². The summed E-state index contributed by atoms with van der Waals surface area (Å²) in [5.74, 6) is -1.33. The molecule has 0 unspecified atom stereocenters. The molecule has 0 aliphatic heterocycles. The molecule has 0 heterocycles. The third-order valence-electron chi connectivity index (χ3n) is 2.42. The van der Waals surface area contributed by atoms with E-state index in [0.717, 1.165) is 19.1 Å². The monoisotopic (exact) mass is 273 g/mol. The number of rotatable bonds is 8. The Morgan fingerprint density at radius 3 is 2.26 bits per heavy atom. The van der Waals surface area contributed by atoms with E-state index in [2.05, 4.69) is 11.7 Å². The Morgan fingerprint density at radius 1 is 1.32 bits per heavy atom. The second kappa shape index (κ2) is 11.3. The highest BCUT2D eigenvalue weighted by Gasteiger charge is 2.23. The number of carboxylic acids is 1. The van der Waals surface area contributed by atoms with E-state index in [1.807, 2.05) is 13.8 Å². The molecule has 0 aromatic carbocycles. The SMILES string of the molecule is CCCCCC(C)(C)C(N)=O.O=CO/C=C/C(=O)O. The number of ether oxygens (including phenoxy) is 1. The number of primary amides is 1. The zero-order valence-corrected chi connectivity index (χ0v) is 11.7. The van der Waals surface area contributed by atoms with Crippen LogP contribution >= 0.6 is 0 Å². The predicted octanol–water partition coefficient (Wildman–Crippen LogP) is 1.84. The third kappa shape index (κ3) is 14.1. The Labute approximate surface area is 113 Å². The average molecular weight is 273 g/mol. The number of carboxylic acid groups (broad SMARTS) is 1. The quantitative estimate of drug-likeness (QED) is 0.304. The van der Waals surface area contributed by atoms with Crippen molar-refractivity contribution < 1.29 is 24.2 Å². The normalized spacial score (nSPS) is 10.5. The highest BCUT2D eigenvalue weighted by molar-refractivity contribution is 5.80. The molecule has 6 nitrogen and oxygen atoms in total. The summed E-state index contributed by atoms with van der Waals surface area (Å²) in [5, 5.41) is 7.86. The van der Waals surface area contributed by atoms with Gasteiger partial charge in [0.2, 0.25) is 5.91 Å². The van der Waals surface area contributed by atoms with Crippen LogP contribution in [0.5, 0.6) is 0 Å². The van der Waals surface area contributed by atoms with Gasteiger partial charge in [0.1, 0.15) is 6.26 Å². The minimum Gasteiger partial charge on any atom is -0.478 e. The van der Waals surface area contributed by atoms with Gasteiger partial charge < -0.3 is 15.6 Å². The van der Waals surface area contributed by atoms with E-state index in [0.29, 0.717) is 6.08 Å². The van der Waals surface area contributed by atoms with Gasteiger partial charge in [-0.2, -0.15) is 0 Å². The van der Waals surface area contributed by atoms with Gasteiger partial charge in [-0.05, 0) is 6.42 Å². The molecular weight excluding hydrogens is 250 g/mol. The fourth-order valence-electron chi connectivity index (χ4n) is 1.07. The molecule has 0 fully saturated rings. The molecule has 6 heteroatoms. The Balaban J connectivity index is 0. The summed E-state index contributed by atoms with van der Waals surface area (Å²) in [6.07, 6.45) is 5.90. The Hall–Kier alpha value is -1.85. The molecule has 1 amide bonds. The topological polar surface area (TPSA) is 107 Å². The smallest absolute Gasteiger partial charge is 0.331 e. The van der Waals surface area contributed by atoms with E-state index in [1.165, 1.54) is 12.8 Å². The van der Waals surface area contributed by atoms with Gasteiger partial charge >= 0.3 is 5.97 Å². The van der Waals surface area contributed by atoms with Crippen LogP contribution in [0.15, 0.2) is 12.3 Å². The van der Waals surface area contributed by atoms with Gasteiger partial charge in [-0.1, -0.05) is 40.0 Å². The van der Waals surface area contributed by atoms with Crippen molar-refractivity contribution >= 4 is 18.3 Å². The number of unbranched alkanes of at least 4 members (excludes halogenated alkanes) is 2. The molecular formula is C13H23NO5. The summed E-state index contributed by atoms with van der Waals surface area (Å²) in [6, 6.07) is 0. The lowest BCUT2D eigenvalue weighted by atomic mass is 9.86. The number of amides is 1. The van der Waals surface area contributed by atoms with Crippen LogP contribution in [0.3, 0.4) is 0 Å². The fourth-order valence-corrected chi connectivity index (χ4v) is 1.07. The summed E-state index contributed by atoms with van der Waals surface area (Å²) in [4.78, 5) is 29.7. The molecule has 0 aromatic heterocycles. The largest absolute Gasteiger partial charge is 0.478 e. The molecule has 0 radical (unpaired) electrons. The van der Waals surface area contributed by atoms with Crippen molar-refractivity contribution in [2.24, 2.45) is 11.1 Å². The first-order chi connectivity index (χ1) is 8.77. The van der Waals surface area contributed by atoms with E-state index >= 15 is 0 Å². The second-order valence-corrected chi connectivity index (χ2v) is 4.58. The molecule has 0 saturated carbocycles. The van der Waals surface area contributed by atoms with Crippen LogP contribution in [0.2, 0.25) is 0 Å². The van der Waals surface area contributed by atoms with Gasteiger partial charge in [0.05, 0.1) is 6.08 Å². The fraction of sp³-hybridized carbons (Fsp3) is 0.615. The summed E-state index contributed by atoms with van der Waals surface area (Å²) < 4.78 is 3.90. The highest BCUT2D eigenvalue weighted by atomic mass is 16.5. The Kier molecular flexibility index (Phi) is 11.5. The number of hydrogen-bond donors (Lipinski definition) is 2. The van der Waals surface area contributed by atoms with Crippen molar-refractivity contribution in [3.8, 4) is 0 Å². The van der Waals surface area contributed by atoms with Crippen molar-refractivity contribution in [1.82, 2.24) is 0 Å². The van der Waals surface area contributed by atoms with Crippen LogP contribution in [-0.2, 0) is 19.1 Å². The van der Waals surface area contributed by atoms with Crippen LogP contribution in [0.25, 0.3) is 0 Å². The third-order valence-corrected chi connectivity index (χ3v) is 2.42. The van der Waals surface area contributed by atoms with Crippen molar-refractivity contribution in [1.29, 1.82) is 0 Å². The number of aliphatic carboxylic acids is 1. The molecule has 0 aliphatic carbocycles. The molecule has 110 valence electrons. The van der Waals surface area contributed by atoms with Crippen molar-refractivity contribution in [2.75, 3.05) is 0 Å². The molecule has 0 aromatic rings. The van der Waals surface area contributed by atoms with Gasteiger partial charge in [0.25, 0.3) is 6.47 Å². The lowest BCUT2D eigenvalue weighted by molar-refractivity contribution is -0.131. The molecule has 0 aliphatic rings. The first-order valence-electron chi connectivity index (χ1n) is 6.06. The van der Waals surface area contributed by atoms with Crippen LogP contribution in [0, 0.1) is 5.41 Å². The van der Waals surface area contributed by atoms with Crippen LogP contribution in [0.4, 0.5) is 0 Å². The average Bonchev–Trinajstić information content (AvgIpc) is 2.30. The van der Waals surface area contributed by atoms with Gasteiger partial charge in [0, 0.05) is 5.41 Å². The van der Waals surface area contributed by atoms with Gasteiger partial charge in [-0.3, -0.25) is 9.59 Å². The first-order valence-corrected chi connectivity index (χ1v) is 6.06. The first kappa shape index (κ1) is 19.5. The molecule has 0 atom stereocenters. The number of carbonyl (C=O) groups is 3. The predicted molar refractivity (Wildman–Crippen MR) is 71.0 cm³/mol. The summed E-state index contributed by atoms with van der Waals surface area (Å²) in [7, 11) is 0. The van der Waals surface area contributed by atoms with E-state index < -0.39 is 5.97 Å². The van der Waals surface area contributed by atoms with Crippen molar-refractivity contribution in [2.45, 2.75) is 46.5 Å². The summed E-state index contributed by atoms with van der Waals surface area (Å²) in [5.41, 5.74) is 4.90. The summed E-state index contributed by atoms with van der Waals surface area (Å²) >= 11 is 0. The number of hydrogen-bond acceptors (Lipinski definition) is 4. The van der Waals surface area contributed by atoms with Crippen LogP contribution < -0.4 is 5.73 Å². The van der Waals surface area contributed by atoms with Crippen molar-refractivity contribution in [3.63, 3.8) is 0 Å². The van der Waals surface area contributed by atoms with Crippen molar-refractivity contribution in [3.05, 3.63) is 12.3 Å². The standard InChI is InChI=1S/C9H19NO.C4H4O4/c1-4-5-6-7-9(2,3)8(10)11;5-3-8-2-1-4(6)7/h4-7H2,1-3H3,(H2,10,11);1-3H,(H,6,7)/b;2-1+. The molecule has 3 N–H and O–H groups in total. The molecule has 0 spiro atoms. The maximum Gasteiger partial charge on any atom is 0.331 e. The van der Waals surface area contributed by atoms with Gasteiger partial charge in [-0.15, -0.1) is 0 Å². The van der Waals surface area contributed by atoms with Crippen LogP contribution in [-0.4, -0.2) is 23.5 Å². The van der Waals surface area contributed by atoms with Gasteiger partial charge in [0.15, 0.2) is 0 Å². The Bertz CT molecular complexity index is 310. The van der Waals surface area contributed by atoms with E-state index in [1.54, 1.807) is 0 Å². The van der Waals surface area contributed by atoms with E-state index in [9.17, 15) is 14.4 Å². The maximum atomic E-state index is 10.8. The minimum absolute atomic E-state index is 0.138. The highest BCUT2D eigenvalue weighted by Crippen LogP contribution is 2.22. The lowest BCUT2D eigenvalue weighted by Crippen LogP contribution is -2.31. The van der Waals surface area contributed by atoms with Crippen LogP contribution in [0.1, 0.15) is 46.5 Å². The number of carbonyl (C=O) groups excluding carboxylic acids is 2. The number of nitrogens with two attached hydrogens (primary N) is 1. The zero-order chi connectivity index (χ0) is 15.3. The Morgan fingerprint density at radius 2 is 1.89 bits per heavy atom. The van der Waals surface area contributed by atoms with Gasteiger partial charge in [-0.25, -0.2) is 4.79 Å². The lowest BCUT2D eigenvalue weighted by Gasteiger charge is -2.19. The summed E-state index contributed by atoms with van der Waals surface area (Å²) in [6.45, 7) is 6.10. The molecule has 0 bridgehead atoms. The van der Waals surface area contributed by atoms with E-state index in [-0.39, 0.29) is 17.8 Å². The maximum absolute atomic E-state index is 10.8. The molecule has 0 saturated heterocycles. The zero-order valence-electron chi connectivity index (χ0n) is 11.7. The minimum atomic E-state index is -1.15. The molecule has 19 heavy (non-hydrogen) atoms. The second-order valence-electron chi connectivity index (χ2n) is 4.58. The molecule has 0 rings (SSSR count).